The summed E-state index contributed by atoms with van der Waals surface area (Å²) in [5.74, 6) is 0. The van der Waals surface area contributed by atoms with Crippen molar-refractivity contribution in [2.45, 2.75) is 58.0 Å². The van der Waals surface area contributed by atoms with E-state index in [0.717, 1.165) is 19.3 Å². The molecule has 0 aromatic heterocycles. The summed E-state index contributed by atoms with van der Waals surface area (Å²) in [6, 6.07) is -0.486. The molecule has 0 aromatic rings. The molecule has 6 nitrogen and oxygen atoms in total. The maximum Gasteiger partial charge on any atom is 0.408 e. The second-order valence-electron chi connectivity index (χ2n) is 5.66. The van der Waals surface area contributed by atoms with E-state index in [1.807, 2.05) is 0 Å². The van der Waals surface area contributed by atoms with Gasteiger partial charge in [0.25, 0.3) is 0 Å². The Morgan fingerprint density at radius 1 is 1.47 bits per heavy atom. The summed E-state index contributed by atoms with van der Waals surface area (Å²) in [7, 11) is 0. The first-order valence-corrected chi connectivity index (χ1v) is 6.74. The van der Waals surface area contributed by atoms with Gasteiger partial charge >= 0.3 is 6.09 Å². The Balaban J connectivity index is 2.26. The molecule has 2 atom stereocenters. The fourth-order valence-corrected chi connectivity index (χ4v) is 1.68. The number of aliphatic hydroxyl groups is 1. The van der Waals surface area contributed by atoms with E-state index in [4.69, 9.17) is 14.2 Å². The van der Waals surface area contributed by atoms with Crippen LogP contribution in [0.25, 0.3) is 0 Å². The van der Waals surface area contributed by atoms with Crippen molar-refractivity contribution in [1.82, 2.24) is 5.32 Å². The fourth-order valence-electron chi connectivity index (χ4n) is 1.68. The smallest absolute Gasteiger partial charge is 0.408 e. The average Bonchev–Trinajstić information content (AvgIpc) is 2.33. The zero-order valence-electron chi connectivity index (χ0n) is 12.0. The van der Waals surface area contributed by atoms with E-state index < -0.39 is 17.7 Å². The van der Waals surface area contributed by atoms with Crippen LogP contribution in [-0.2, 0) is 14.2 Å². The third kappa shape index (κ3) is 7.34. The van der Waals surface area contributed by atoms with Crippen LogP contribution >= 0.6 is 0 Å². The first kappa shape index (κ1) is 16.2. The summed E-state index contributed by atoms with van der Waals surface area (Å²) in [6.45, 7) is 6.06. The molecule has 0 aliphatic carbocycles. The van der Waals surface area contributed by atoms with Crippen molar-refractivity contribution in [2.75, 3.05) is 19.8 Å². The Hall–Kier alpha value is -0.850. The van der Waals surface area contributed by atoms with Crippen molar-refractivity contribution in [1.29, 1.82) is 0 Å². The zero-order chi connectivity index (χ0) is 14.3. The minimum Gasteiger partial charge on any atom is -0.444 e. The largest absolute Gasteiger partial charge is 0.444 e. The van der Waals surface area contributed by atoms with Crippen LogP contribution in [0.5, 0.6) is 0 Å². The van der Waals surface area contributed by atoms with Gasteiger partial charge in [0.1, 0.15) is 5.60 Å². The number of amides is 1. The van der Waals surface area contributed by atoms with Gasteiger partial charge in [-0.1, -0.05) is 0 Å². The molecule has 19 heavy (non-hydrogen) atoms. The molecule has 0 radical (unpaired) electrons. The van der Waals surface area contributed by atoms with Crippen LogP contribution < -0.4 is 5.32 Å². The van der Waals surface area contributed by atoms with Crippen LogP contribution in [-0.4, -0.2) is 49.0 Å². The summed E-state index contributed by atoms with van der Waals surface area (Å²) in [4.78, 5) is 11.5. The second-order valence-corrected chi connectivity index (χ2v) is 5.66. The molecule has 1 fully saturated rings. The molecule has 1 aliphatic rings. The number of carbonyl (C=O) groups is 1. The van der Waals surface area contributed by atoms with Gasteiger partial charge in [0.05, 0.1) is 19.3 Å². The summed E-state index contributed by atoms with van der Waals surface area (Å²) in [5.41, 5.74) is -0.558. The lowest BCUT2D eigenvalue weighted by atomic mass is 10.2. The minimum absolute atomic E-state index is 0.202. The van der Waals surface area contributed by atoms with Crippen molar-refractivity contribution in [3.8, 4) is 0 Å². The van der Waals surface area contributed by atoms with Crippen LogP contribution in [0, 0.1) is 0 Å². The average molecular weight is 275 g/mol. The first-order valence-electron chi connectivity index (χ1n) is 6.74. The maximum atomic E-state index is 11.5. The summed E-state index contributed by atoms with van der Waals surface area (Å²) >= 11 is 0. The third-order valence-electron chi connectivity index (χ3n) is 2.56. The van der Waals surface area contributed by atoms with Gasteiger partial charge in [-0.05, 0) is 40.0 Å². The van der Waals surface area contributed by atoms with Gasteiger partial charge in [0.15, 0.2) is 6.29 Å². The Morgan fingerprint density at radius 3 is 2.74 bits per heavy atom. The number of nitrogens with one attached hydrogen (secondary N) is 1. The molecule has 6 heteroatoms. The van der Waals surface area contributed by atoms with E-state index in [9.17, 15) is 9.90 Å². The predicted molar refractivity (Wildman–Crippen MR) is 69.8 cm³/mol. The Labute approximate surface area is 114 Å². The molecular weight excluding hydrogens is 250 g/mol. The van der Waals surface area contributed by atoms with E-state index in [1.54, 1.807) is 20.8 Å². The highest BCUT2D eigenvalue weighted by molar-refractivity contribution is 5.68. The van der Waals surface area contributed by atoms with E-state index in [1.165, 1.54) is 0 Å². The van der Waals surface area contributed by atoms with E-state index >= 15 is 0 Å². The molecule has 1 rings (SSSR count). The zero-order valence-corrected chi connectivity index (χ0v) is 12.0. The van der Waals surface area contributed by atoms with Crippen molar-refractivity contribution >= 4 is 6.09 Å². The molecule has 0 saturated carbocycles. The van der Waals surface area contributed by atoms with Gasteiger partial charge in [0.2, 0.25) is 0 Å². The van der Waals surface area contributed by atoms with Gasteiger partial charge < -0.3 is 24.6 Å². The Kier molecular flexibility index (Phi) is 6.54. The number of alkyl carbamates (subject to hydrolysis) is 1. The number of ether oxygens (including phenoxy) is 3. The van der Waals surface area contributed by atoms with Gasteiger partial charge in [-0.2, -0.15) is 0 Å². The van der Waals surface area contributed by atoms with Crippen LogP contribution in [0.15, 0.2) is 0 Å². The molecule has 1 heterocycles. The maximum absolute atomic E-state index is 11.5. The number of aliphatic hydroxyl groups excluding tert-OH is 1. The first-order chi connectivity index (χ1) is 8.90. The lowest BCUT2D eigenvalue weighted by molar-refractivity contribution is -0.167. The van der Waals surface area contributed by atoms with Crippen LogP contribution in [0.2, 0.25) is 0 Å². The molecule has 112 valence electrons. The third-order valence-corrected chi connectivity index (χ3v) is 2.56. The second kappa shape index (κ2) is 7.67. The van der Waals surface area contributed by atoms with Crippen molar-refractivity contribution in [3.05, 3.63) is 0 Å². The topological polar surface area (TPSA) is 77.0 Å². The molecule has 0 bridgehead atoms. The number of carbonyl (C=O) groups excluding carboxylic acids is 1. The number of hydrogen-bond acceptors (Lipinski definition) is 5. The highest BCUT2D eigenvalue weighted by Gasteiger charge is 2.21. The van der Waals surface area contributed by atoms with E-state index in [2.05, 4.69) is 5.32 Å². The normalized spacial score (nSPS) is 21.8. The Bertz CT molecular complexity index is 271. The van der Waals surface area contributed by atoms with Crippen molar-refractivity contribution in [2.24, 2.45) is 0 Å². The molecular formula is C13H25NO5. The lowest BCUT2D eigenvalue weighted by Crippen LogP contribution is -2.44. The minimum atomic E-state index is -0.558. The quantitative estimate of drug-likeness (QED) is 0.793. The van der Waals surface area contributed by atoms with E-state index in [-0.39, 0.29) is 19.5 Å². The number of hydrogen-bond donors (Lipinski definition) is 2. The van der Waals surface area contributed by atoms with Gasteiger partial charge in [-0.25, -0.2) is 4.79 Å². The van der Waals surface area contributed by atoms with Crippen LogP contribution in [0.3, 0.4) is 0 Å². The fraction of sp³-hybridized carbons (Fsp3) is 0.923. The van der Waals surface area contributed by atoms with Gasteiger partial charge in [-0.3, -0.25) is 0 Å². The summed E-state index contributed by atoms with van der Waals surface area (Å²) in [6.07, 6.45) is 2.20. The molecule has 1 amide bonds. The highest BCUT2D eigenvalue weighted by atomic mass is 16.7. The molecule has 0 aromatic carbocycles. The van der Waals surface area contributed by atoms with Crippen LogP contribution in [0.4, 0.5) is 4.79 Å². The highest BCUT2D eigenvalue weighted by Crippen LogP contribution is 2.14. The van der Waals surface area contributed by atoms with E-state index in [0.29, 0.717) is 6.61 Å². The monoisotopic (exact) mass is 275 g/mol. The van der Waals surface area contributed by atoms with Gasteiger partial charge in [0, 0.05) is 6.61 Å². The molecule has 1 unspecified atom stereocenters. The summed E-state index contributed by atoms with van der Waals surface area (Å²) in [5, 5.41) is 11.8. The molecule has 0 spiro atoms. The molecule has 1 saturated heterocycles. The molecule has 2 N–H and O–H groups in total. The SMILES string of the molecule is CC(C)(C)OC(=O)N[C@H](CO)COC1CCCCO1. The van der Waals surface area contributed by atoms with Crippen LogP contribution in [0.1, 0.15) is 40.0 Å². The summed E-state index contributed by atoms with van der Waals surface area (Å²) < 4.78 is 16.0. The Morgan fingerprint density at radius 2 is 2.21 bits per heavy atom. The number of rotatable bonds is 5. The molecule has 1 aliphatic heterocycles. The van der Waals surface area contributed by atoms with Crippen molar-refractivity contribution in [3.63, 3.8) is 0 Å². The van der Waals surface area contributed by atoms with Gasteiger partial charge in [-0.15, -0.1) is 0 Å². The lowest BCUT2D eigenvalue weighted by Gasteiger charge is -2.26. The predicted octanol–water partition coefficient (Wildman–Crippen LogP) is 1.42. The van der Waals surface area contributed by atoms with Crippen molar-refractivity contribution < 1.29 is 24.1 Å². The standard InChI is InChI=1S/C13H25NO5/c1-13(2,3)19-12(16)14-10(8-15)9-18-11-6-4-5-7-17-11/h10-11,15H,4-9H2,1-3H3,(H,14,16)/t10-,11?/m1/s1.